The first-order valence-corrected chi connectivity index (χ1v) is 6.73. The average Bonchev–Trinajstić information content (AvgIpc) is 2.44. The number of hydrogen-bond acceptors (Lipinski definition) is 2. The topological polar surface area (TPSA) is 15.3 Å². The van der Waals surface area contributed by atoms with Crippen molar-refractivity contribution in [2.24, 2.45) is 0 Å². The van der Waals surface area contributed by atoms with Crippen LogP contribution >= 0.6 is 0 Å². The van der Waals surface area contributed by atoms with Gasteiger partial charge in [-0.3, -0.25) is 4.90 Å². The number of hydrogen-bond donors (Lipinski definition) is 1. The molecule has 104 valence electrons. The van der Waals surface area contributed by atoms with Crippen molar-refractivity contribution in [3.63, 3.8) is 0 Å². The van der Waals surface area contributed by atoms with E-state index in [0.29, 0.717) is 0 Å². The van der Waals surface area contributed by atoms with E-state index in [1.54, 1.807) is 6.07 Å². The van der Waals surface area contributed by atoms with Crippen LogP contribution in [0.3, 0.4) is 0 Å². The van der Waals surface area contributed by atoms with E-state index < -0.39 is 11.6 Å². The van der Waals surface area contributed by atoms with Crippen molar-refractivity contribution in [2.45, 2.75) is 18.9 Å². The van der Waals surface area contributed by atoms with Gasteiger partial charge in [0.1, 0.15) is 0 Å². The molecule has 19 heavy (non-hydrogen) atoms. The van der Waals surface area contributed by atoms with Gasteiger partial charge in [0.2, 0.25) is 0 Å². The molecule has 1 N–H and O–H groups in total. The SMILES string of the molecule is C=CCC[C@@H](c1ccc(F)c(F)c1)N1CCNCC1. The molecule has 0 amide bonds. The summed E-state index contributed by atoms with van der Waals surface area (Å²) in [5.74, 6) is -1.55. The van der Waals surface area contributed by atoms with Gasteiger partial charge in [-0.2, -0.15) is 0 Å². The van der Waals surface area contributed by atoms with Crippen LogP contribution in [0.1, 0.15) is 24.4 Å². The van der Waals surface area contributed by atoms with Crippen molar-refractivity contribution in [1.82, 2.24) is 10.2 Å². The Balaban J connectivity index is 2.19. The highest BCUT2D eigenvalue weighted by Crippen LogP contribution is 2.27. The fraction of sp³-hybridized carbons (Fsp3) is 0.467. The molecule has 1 heterocycles. The van der Waals surface area contributed by atoms with E-state index in [0.717, 1.165) is 44.6 Å². The Morgan fingerprint density at radius 2 is 2.00 bits per heavy atom. The lowest BCUT2D eigenvalue weighted by Crippen LogP contribution is -2.45. The van der Waals surface area contributed by atoms with E-state index in [2.05, 4.69) is 16.8 Å². The van der Waals surface area contributed by atoms with Crippen LogP contribution in [-0.2, 0) is 0 Å². The van der Waals surface area contributed by atoms with E-state index in [1.807, 2.05) is 6.08 Å². The number of allylic oxidation sites excluding steroid dienone is 1. The third kappa shape index (κ3) is 3.61. The zero-order valence-corrected chi connectivity index (χ0v) is 11.0. The summed E-state index contributed by atoms with van der Waals surface area (Å²) in [5, 5.41) is 3.30. The Morgan fingerprint density at radius 1 is 1.26 bits per heavy atom. The van der Waals surface area contributed by atoms with Crippen LogP contribution in [0.4, 0.5) is 8.78 Å². The van der Waals surface area contributed by atoms with Crippen LogP contribution in [0.2, 0.25) is 0 Å². The van der Waals surface area contributed by atoms with Gasteiger partial charge in [0.15, 0.2) is 11.6 Å². The smallest absolute Gasteiger partial charge is 0.159 e. The normalized spacial score (nSPS) is 18.2. The first-order chi connectivity index (χ1) is 9.22. The Labute approximate surface area is 113 Å². The second kappa shape index (κ2) is 6.78. The molecule has 4 heteroatoms. The predicted molar refractivity (Wildman–Crippen MR) is 73.0 cm³/mol. The Bertz CT molecular complexity index is 428. The van der Waals surface area contributed by atoms with E-state index in [9.17, 15) is 8.78 Å². The first-order valence-electron chi connectivity index (χ1n) is 6.73. The molecule has 1 saturated heterocycles. The van der Waals surface area contributed by atoms with Gasteiger partial charge >= 0.3 is 0 Å². The van der Waals surface area contributed by atoms with E-state index in [-0.39, 0.29) is 6.04 Å². The molecule has 0 spiro atoms. The molecule has 0 bridgehead atoms. The van der Waals surface area contributed by atoms with Gasteiger partial charge in [-0.15, -0.1) is 6.58 Å². The van der Waals surface area contributed by atoms with Gasteiger partial charge in [0, 0.05) is 32.2 Å². The minimum Gasteiger partial charge on any atom is -0.314 e. The molecule has 2 nitrogen and oxygen atoms in total. The van der Waals surface area contributed by atoms with Crippen molar-refractivity contribution >= 4 is 0 Å². The Morgan fingerprint density at radius 3 is 2.63 bits per heavy atom. The lowest BCUT2D eigenvalue weighted by atomic mass is 9.99. The van der Waals surface area contributed by atoms with Gasteiger partial charge < -0.3 is 5.32 Å². The monoisotopic (exact) mass is 266 g/mol. The summed E-state index contributed by atoms with van der Waals surface area (Å²) in [6.45, 7) is 7.48. The average molecular weight is 266 g/mol. The summed E-state index contributed by atoms with van der Waals surface area (Å²) in [6.07, 6.45) is 3.62. The van der Waals surface area contributed by atoms with Crippen LogP contribution in [-0.4, -0.2) is 31.1 Å². The third-order valence-electron chi connectivity index (χ3n) is 3.57. The molecule has 1 fully saturated rings. The van der Waals surface area contributed by atoms with E-state index in [4.69, 9.17) is 0 Å². The van der Waals surface area contributed by atoms with Crippen molar-refractivity contribution in [3.8, 4) is 0 Å². The zero-order chi connectivity index (χ0) is 13.7. The highest BCUT2D eigenvalue weighted by molar-refractivity contribution is 5.21. The first kappa shape index (κ1) is 14.2. The summed E-state index contributed by atoms with van der Waals surface area (Å²) in [5.41, 5.74) is 0.850. The molecule has 1 aromatic rings. The zero-order valence-electron chi connectivity index (χ0n) is 11.0. The highest BCUT2D eigenvalue weighted by Gasteiger charge is 2.22. The number of halogens is 2. The maximum atomic E-state index is 13.4. The summed E-state index contributed by atoms with van der Waals surface area (Å²) in [7, 11) is 0. The fourth-order valence-electron chi connectivity index (χ4n) is 2.55. The molecule has 0 aromatic heterocycles. The largest absolute Gasteiger partial charge is 0.314 e. The lowest BCUT2D eigenvalue weighted by molar-refractivity contribution is 0.166. The molecule has 0 radical (unpaired) electrons. The van der Waals surface area contributed by atoms with Gasteiger partial charge in [0.05, 0.1) is 0 Å². The van der Waals surface area contributed by atoms with Gasteiger partial charge in [-0.25, -0.2) is 8.78 Å². The van der Waals surface area contributed by atoms with E-state index in [1.165, 1.54) is 12.1 Å². The van der Waals surface area contributed by atoms with Gasteiger partial charge in [-0.05, 0) is 30.5 Å². The molecule has 2 rings (SSSR count). The quantitative estimate of drug-likeness (QED) is 0.824. The van der Waals surface area contributed by atoms with Crippen LogP contribution in [0.5, 0.6) is 0 Å². The molecule has 1 aliphatic rings. The molecular weight excluding hydrogens is 246 g/mol. The predicted octanol–water partition coefficient (Wildman–Crippen LogP) is 2.88. The number of nitrogens with one attached hydrogen (secondary N) is 1. The minimum atomic E-state index is -0.786. The molecule has 0 aliphatic carbocycles. The molecule has 1 aromatic carbocycles. The lowest BCUT2D eigenvalue weighted by Gasteiger charge is -2.35. The molecule has 0 saturated carbocycles. The van der Waals surface area contributed by atoms with Crippen LogP contribution in [0.15, 0.2) is 30.9 Å². The minimum absolute atomic E-state index is 0.134. The molecule has 1 atom stereocenters. The molecule has 1 aliphatic heterocycles. The number of nitrogens with zero attached hydrogens (tertiary/aromatic N) is 1. The maximum Gasteiger partial charge on any atom is 0.159 e. The number of rotatable bonds is 5. The van der Waals surface area contributed by atoms with Crippen LogP contribution < -0.4 is 5.32 Å². The summed E-state index contributed by atoms with van der Waals surface area (Å²) in [6, 6.07) is 4.36. The molecular formula is C15H20F2N2. The summed E-state index contributed by atoms with van der Waals surface area (Å²) < 4.78 is 26.4. The standard InChI is InChI=1S/C15H20F2N2/c1-2-3-4-15(19-9-7-18-8-10-19)12-5-6-13(16)14(17)11-12/h2,5-6,11,15,18H,1,3-4,7-10H2/t15-/m0/s1. The van der Waals surface area contributed by atoms with Gasteiger partial charge in [-0.1, -0.05) is 12.1 Å². The van der Waals surface area contributed by atoms with Crippen molar-refractivity contribution < 1.29 is 8.78 Å². The van der Waals surface area contributed by atoms with Crippen molar-refractivity contribution in [1.29, 1.82) is 0 Å². The Kier molecular flexibility index (Phi) is 5.05. The van der Waals surface area contributed by atoms with Gasteiger partial charge in [0.25, 0.3) is 0 Å². The van der Waals surface area contributed by atoms with Crippen LogP contribution in [0.25, 0.3) is 0 Å². The fourth-order valence-corrected chi connectivity index (χ4v) is 2.55. The van der Waals surface area contributed by atoms with Crippen LogP contribution in [0, 0.1) is 11.6 Å². The summed E-state index contributed by atoms with van der Waals surface area (Å²) in [4.78, 5) is 2.33. The van der Waals surface area contributed by atoms with Crippen molar-refractivity contribution in [3.05, 3.63) is 48.1 Å². The second-order valence-corrected chi connectivity index (χ2v) is 4.84. The highest BCUT2D eigenvalue weighted by atomic mass is 19.2. The number of piperazine rings is 1. The molecule has 0 unspecified atom stereocenters. The van der Waals surface area contributed by atoms with Crippen molar-refractivity contribution in [2.75, 3.05) is 26.2 Å². The third-order valence-corrected chi connectivity index (χ3v) is 3.57. The summed E-state index contributed by atoms with van der Waals surface area (Å²) >= 11 is 0. The maximum absolute atomic E-state index is 13.4. The van der Waals surface area contributed by atoms with E-state index >= 15 is 0 Å². The number of benzene rings is 1. The second-order valence-electron chi connectivity index (χ2n) is 4.84. The Hall–Kier alpha value is -1.26.